The predicted octanol–water partition coefficient (Wildman–Crippen LogP) is 2.06. The van der Waals surface area contributed by atoms with Crippen LogP contribution in [0.25, 0.3) is 10.9 Å². The monoisotopic (exact) mass is 337 g/mol. The lowest BCUT2D eigenvalue weighted by Gasteiger charge is -2.31. The van der Waals surface area contributed by atoms with Crippen molar-refractivity contribution in [3.8, 4) is 0 Å². The van der Waals surface area contributed by atoms with Crippen LogP contribution in [0.5, 0.6) is 0 Å². The quantitative estimate of drug-likeness (QED) is 0.799. The maximum absolute atomic E-state index is 12.3. The van der Waals surface area contributed by atoms with Crippen LogP contribution in [-0.2, 0) is 16.0 Å². The van der Waals surface area contributed by atoms with Gasteiger partial charge in [0.25, 0.3) is 0 Å². The summed E-state index contributed by atoms with van der Waals surface area (Å²) in [5.74, 6) is -0.0618. The lowest BCUT2D eigenvalue weighted by molar-refractivity contribution is -0.129. The molecule has 1 aliphatic rings. The van der Waals surface area contributed by atoms with Gasteiger partial charge < -0.3 is 20.8 Å². The molecule has 2 heterocycles. The number of para-hydroxylation sites is 1. The maximum atomic E-state index is 12.3. The van der Waals surface area contributed by atoms with Gasteiger partial charge in [0.05, 0.1) is 5.54 Å². The van der Waals surface area contributed by atoms with Crippen LogP contribution in [0.3, 0.4) is 0 Å². The summed E-state index contributed by atoms with van der Waals surface area (Å²) in [6.07, 6.45) is 1.98. The zero-order valence-electron chi connectivity index (χ0n) is 13.4. The molecule has 0 bridgehead atoms. The number of carbonyl (C=O) groups is 1. The minimum absolute atomic E-state index is 0. The van der Waals surface area contributed by atoms with Gasteiger partial charge in [-0.2, -0.15) is 0 Å². The molecule has 5 nitrogen and oxygen atoms in total. The van der Waals surface area contributed by atoms with E-state index >= 15 is 0 Å². The van der Waals surface area contributed by atoms with Crippen LogP contribution in [0.2, 0.25) is 0 Å². The number of ether oxygens (including phenoxy) is 1. The smallest absolute Gasteiger partial charge is 0.240 e. The average Bonchev–Trinajstić information content (AvgIpc) is 2.84. The Kier molecular flexibility index (Phi) is 5.68. The molecule has 6 heteroatoms. The second-order valence-corrected chi connectivity index (χ2v) is 6.05. The van der Waals surface area contributed by atoms with Crippen molar-refractivity contribution < 1.29 is 9.53 Å². The number of aromatic nitrogens is 1. The molecule has 0 spiro atoms. The predicted molar refractivity (Wildman–Crippen MR) is 94.0 cm³/mol. The van der Waals surface area contributed by atoms with Crippen LogP contribution in [-0.4, -0.2) is 36.2 Å². The zero-order valence-corrected chi connectivity index (χ0v) is 14.2. The summed E-state index contributed by atoms with van der Waals surface area (Å²) in [5.41, 5.74) is 8.97. The number of hydrogen-bond acceptors (Lipinski definition) is 3. The van der Waals surface area contributed by atoms with Gasteiger partial charge in [0.2, 0.25) is 5.91 Å². The SMILES string of the molecule is Cc1[nH]c2ccccc2c1CCNC(=O)C1(N)CCOCC1.Cl. The number of hydrogen-bond donors (Lipinski definition) is 3. The largest absolute Gasteiger partial charge is 0.381 e. The standard InChI is InChI=1S/C17H23N3O2.ClH/c1-12-13(14-4-2-3-5-15(14)20-12)6-9-19-16(21)17(18)7-10-22-11-8-17;/h2-5,20H,6-11,18H2,1H3,(H,19,21);1H. The molecule has 0 unspecified atom stereocenters. The highest BCUT2D eigenvalue weighted by atomic mass is 35.5. The number of carbonyl (C=O) groups excluding carboxylic acids is 1. The normalized spacial score (nSPS) is 16.8. The van der Waals surface area contributed by atoms with Crippen molar-refractivity contribution in [1.29, 1.82) is 0 Å². The zero-order chi connectivity index (χ0) is 15.6. The Morgan fingerprint density at radius 3 is 2.78 bits per heavy atom. The first-order chi connectivity index (χ1) is 10.6. The summed E-state index contributed by atoms with van der Waals surface area (Å²) in [4.78, 5) is 15.7. The Labute approximate surface area is 142 Å². The molecule has 1 aromatic carbocycles. The van der Waals surface area contributed by atoms with Crippen molar-refractivity contribution in [1.82, 2.24) is 10.3 Å². The fraction of sp³-hybridized carbons (Fsp3) is 0.471. The van der Waals surface area contributed by atoms with Crippen molar-refractivity contribution >= 4 is 29.2 Å². The fourth-order valence-corrected chi connectivity index (χ4v) is 3.10. The van der Waals surface area contributed by atoms with Crippen LogP contribution >= 0.6 is 12.4 Å². The molecule has 1 aromatic heterocycles. The molecule has 126 valence electrons. The molecule has 1 fully saturated rings. The lowest BCUT2D eigenvalue weighted by atomic mass is 9.90. The van der Waals surface area contributed by atoms with E-state index in [1.807, 2.05) is 12.1 Å². The van der Waals surface area contributed by atoms with Crippen molar-refractivity contribution in [2.45, 2.75) is 31.7 Å². The molecule has 1 saturated heterocycles. The first-order valence-corrected chi connectivity index (χ1v) is 7.81. The molecule has 3 rings (SSSR count). The number of benzene rings is 1. The number of H-pyrrole nitrogens is 1. The number of aromatic amines is 1. The summed E-state index contributed by atoms with van der Waals surface area (Å²) in [7, 11) is 0. The van der Waals surface area contributed by atoms with Gasteiger partial charge in [-0.1, -0.05) is 18.2 Å². The van der Waals surface area contributed by atoms with E-state index < -0.39 is 5.54 Å². The van der Waals surface area contributed by atoms with Crippen molar-refractivity contribution in [3.05, 3.63) is 35.5 Å². The number of aryl methyl sites for hydroxylation is 1. The average molecular weight is 338 g/mol. The van der Waals surface area contributed by atoms with Crippen LogP contribution < -0.4 is 11.1 Å². The van der Waals surface area contributed by atoms with Gasteiger partial charge in [0.15, 0.2) is 0 Å². The molecule has 0 saturated carbocycles. The molecular formula is C17H24ClN3O2. The van der Waals surface area contributed by atoms with Crippen LogP contribution in [0.1, 0.15) is 24.1 Å². The summed E-state index contributed by atoms with van der Waals surface area (Å²) >= 11 is 0. The third-order valence-corrected chi connectivity index (χ3v) is 4.52. The van der Waals surface area contributed by atoms with Gasteiger partial charge in [-0.3, -0.25) is 4.79 Å². The lowest BCUT2D eigenvalue weighted by Crippen LogP contribution is -2.57. The van der Waals surface area contributed by atoms with Crippen molar-refractivity contribution in [2.75, 3.05) is 19.8 Å². The molecule has 0 aliphatic carbocycles. The third-order valence-electron chi connectivity index (χ3n) is 4.52. The van der Waals surface area contributed by atoms with Gasteiger partial charge in [-0.15, -0.1) is 12.4 Å². The van der Waals surface area contributed by atoms with E-state index in [9.17, 15) is 4.79 Å². The topological polar surface area (TPSA) is 80.1 Å². The molecule has 4 N–H and O–H groups in total. The molecular weight excluding hydrogens is 314 g/mol. The molecule has 23 heavy (non-hydrogen) atoms. The van der Waals surface area contributed by atoms with Crippen molar-refractivity contribution in [3.63, 3.8) is 0 Å². The van der Waals surface area contributed by atoms with E-state index in [1.54, 1.807) is 0 Å². The van der Waals surface area contributed by atoms with Gasteiger partial charge in [-0.25, -0.2) is 0 Å². The highest BCUT2D eigenvalue weighted by Gasteiger charge is 2.35. The summed E-state index contributed by atoms with van der Waals surface area (Å²) < 4.78 is 5.28. The van der Waals surface area contributed by atoms with Gasteiger partial charge >= 0.3 is 0 Å². The van der Waals surface area contributed by atoms with Crippen LogP contribution in [0.15, 0.2) is 24.3 Å². The fourth-order valence-electron chi connectivity index (χ4n) is 3.10. The van der Waals surface area contributed by atoms with Gasteiger partial charge in [0, 0.05) is 36.4 Å². The number of amides is 1. The Balaban J connectivity index is 0.00000192. The Morgan fingerprint density at radius 1 is 1.35 bits per heavy atom. The maximum Gasteiger partial charge on any atom is 0.240 e. The molecule has 2 aromatic rings. The highest BCUT2D eigenvalue weighted by Crippen LogP contribution is 2.22. The third kappa shape index (κ3) is 3.68. The number of fused-ring (bicyclic) bond motifs is 1. The van der Waals surface area contributed by atoms with E-state index in [4.69, 9.17) is 10.5 Å². The Morgan fingerprint density at radius 2 is 2.04 bits per heavy atom. The van der Waals surface area contributed by atoms with E-state index in [0.29, 0.717) is 32.6 Å². The minimum Gasteiger partial charge on any atom is -0.381 e. The summed E-state index contributed by atoms with van der Waals surface area (Å²) in [6.45, 7) is 3.79. The number of halogens is 1. The van der Waals surface area contributed by atoms with E-state index in [-0.39, 0.29) is 18.3 Å². The number of nitrogens with two attached hydrogens (primary N) is 1. The van der Waals surface area contributed by atoms with E-state index in [1.165, 1.54) is 10.9 Å². The molecule has 1 aliphatic heterocycles. The Hall–Kier alpha value is -1.56. The molecule has 0 atom stereocenters. The van der Waals surface area contributed by atoms with E-state index in [0.717, 1.165) is 17.6 Å². The molecule has 0 radical (unpaired) electrons. The first-order valence-electron chi connectivity index (χ1n) is 7.81. The van der Waals surface area contributed by atoms with E-state index in [2.05, 4.69) is 29.4 Å². The highest BCUT2D eigenvalue weighted by molar-refractivity contribution is 5.87. The van der Waals surface area contributed by atoms with Crippen LogP contribution in [0.4, 0.5) is 0 Å². The first kappa shape index (κ1) is 17.8. The summed E-state index contributed by atoms with van der Waals surface area (Å²) in [5, 5.41) is 4.21. The second kappa shape index (κ2) is 7.34. The van der Waals surface area contributed by atoms with Crippen LogP contribution in [0, 0.1) is 6.92 Å². The van der Waals surface area contributed by atoms with Crippen molar-refractivity contribution in [2.24, 2.45) is 5.73 Å². The number of nitrogens with one attached hydrogen (secondary N) is 2. The Bertz CT molecular complexity index is 678. The van der Waals surface area contributed by atoms with Gasteiger partial charge in [0.1, 0.15) is 0 Å². The minimum atomic E-state index is -0.770. The molecule has 1 amide bonds. The second-order valence-electron chi connectivity index (χ2n) is 6.05. The number of rotatable bonds is 4. The summed E-state index contributed by atoms with van der Waals surface area (Å²) in [6, 6.07) is 8.24. The van der Waals surface area contributed by atoms with Gasteiger partial charge in [-0.05, 0) is 37.8 Å².